The molecule has 7 heteroatoms. The van der Waals surface area contributed by atoms with Crippen molar-refractivity contribution in [2.75, 3.05) is 30.5 Å². The van der Waals surface area contributed by atoms with E-state index in [1.54, 1.807) is 30.1 Å². The molecule has 0 aromatic heterocycles. The average molecular weight is 290 g/mol. The molecule has 1 aromatic carbocycles. The Labute approximate surface area is 112 Å². The highest BCUT2D eigenvalue weighted by atomic mass is 35.5. The molecule has 0 fully saturated rings. The van der Waals surface area contributed by atoms with Crippen LogP contribution in [0.5, 0.6) is 0 Å². The summed E-state index contributed by atoms with van der Waals surface area (Å²) in [5.74, 6) is -0.0533. The minimum Gasteiger partial charge on any atom is -0.384 e. The first-order valence-corrected chi connectivity index (χ1v) is 7.67. The molecule has 0 heterocycles. The van der Waals surface area contributed by atoms with Crippen LogP contribution in [0.3, 0.4) is 0 Å². The minimum absolute atomic E-state index is 0.0451. The number of halogens is 1. The van der Waals surface area contributed by atoms with Crippen LogP contribution in [0.1, 0.15) is 5.56 Å². The maximum absolute atomic E-state index is 11.1. The van der Waals surface area contributed by atoms with Gasteiger partial charge in [0.05, 0.1) is 5.75 Å². The van der Waals surface area contributed by atoms with Crippen LogP contribution < -0.4 is 10.6 Å². The van der Waals surface area contributed by atoms with Crippen molar-refractivity contribution in [2.24, 2.45) is 5.73 Å². The maximum atomic E-state index is 11.1. The number of anilines is 1. The average Bonchev–Trinajstić information content (AvgIpc) is 2.24. The molecule has 100 valence electrons. The van der Waals surface area contributed by atoms with Crippen molar-refractivity contribution in [1.82, 2.24) is 0 Å². The molecule has 0 saturated carbocycles. The zero-order chi connectivity index (χ0) is 13.9. The Balaban J connectivity index is 2.98. The van der Waals surface area contributed by atoms with Gasteiger partial charge in [0.15, 0.2) is 0 Å². The molecule has 0 aliphatic rings. The minimum atomic E-state index is -3.02. The summed E-state index contributed by atoms with van der Waals surface area (Å²) in [4.78, 5) is 1.74. The Morgan fingerprint density at radius 1 is 1.50 bits per heavy atom. The smallest absolute Gasteiger partial charge is 0.149 e. The third kappa shape index (κ3) is 4.19. The SMILES string of the molecule is CN(CCS(C)(=O)=O)c1ccc(Cl)cc1C(=N)N. The Morgan fingerprint density at radius 3 is 2.61 bits per heavy atom. The monoisotopic (exact) mass is 289 g/mol. The normalized spacial score (nSPS) is 11.3. The standard InChI is InChI=1S/C11H16ClN3O2S/c1-15(5-6-18(2,16)17)10-4-3-8(12)7-9(10)11(13)14/h3-4,7H,5-6H2,1-2H3,(H3,13,14). The first-order valence-electron chi connectivity index (χ1n) is 5.23. The summed E-state index contributed by atoms with van der Waals surface area (Å²) in [6.45, 7) is 0.334. The molecule has 0 aliphatic heterocycles. The lowest BCUT2D eigenvalue weighted by Gasteiger charge is -2.21. The van der Waals surface area contributed by atoms with E-state index >= 15 is 0 Å². The highest BCUT2D eigenvalue weighted by molar-refractivity contribution is 7.90. The van der Waals surface area contributed by atoms with E-state index in [0.29, 0.717) is 22.8 Å². The van der Waals surface area contributed by atoms with Crippen LogP contribution >= 0.6 is 11.6 Å². The number of nitrogen functional groups attached to an aromatic ring is 1. The quantitative estimate of drug-likeness (QED) is 0.628. The number of nitrogens with one attached hydrogen (secondary N) is 1. The summed E-state index contributed by atoms with van der Waals surface area (Å²) >= 11 is 5.85. The molecule has 0 saturated heterocycles. The summed E-state index contributed by atoms with van der Waals surface area (Å²) in [7, 11) is -1.27. The van der Waals surface area contributed by atoms with Crippen molar-refractivity contribution in [3.05, 3.63) is 28.8 Å². The van der Waals surface area contributed by atoms with Gasteiger partial charge in [0.2, 0.25) is 0 Å². The summed E-state index contributed by atoms with van der Waals surface area (Å²) in [5.41, 5.74) is 6.67. The molecule has 0 bridgehead atoms. The molecular formula is C11H16ClN3O2S. The number of benzene rings is 1. The fraction of sp³-hybridized carbons (Fsp3) is 0.364. The van der Waals surface area contributed by atoms with Gasteiger partial charge < -0.3 is 10.6 Å². The largest absolute Gasteiger partial charge is 0.384 e. The predicted octanol–water partition coefficient (Wildman–Crippen LogP) is 1.10. The van der Waals surface area contributed by atoms with Gasteiger partial charge in [-0.3, -0.25) is 5.41 Å². The van der Waals surface area contributed by atoms with E-state index in [0.717, 1.165) is 0 Å². The van der Waals surface area contributed by atoms with E-state index in [1.165, 1.54) is 6.26 Å². The lowest BCUT2D eigenvalue weighted by atomic mass is 10.1. The van der Waals surface area contributed by atoms with Crippen molar-refractivity contribution < 1.29 is 8.42 Å². The van der Waals surface area contributed by atoms with Crippen LogP contribution in [-0.4, -0.2) is 39.9 Å². The van der Waals surface area contributed by atoms with Crippen molar-refractivity contribution >= 4 is 33.0 Å². The van der Waals surface area contributed by atoms with Crippen LogP contribution in [0, 0.1) is 5.41 Å². The number of nitrogens with zero attached hydrogens (tertiary/aromatic N) is 1. The van der Waals surface area contributed by atoms with E-state index in [9.17, 15) is 8.42 Å². The summed E-state index contributed by atoms with van der Waals surface area (Å²) < 4.78 is 22.3. The predicted molar refractivity (Wildman–Crippen MR) is 75.4 cm³/mol. The summed E-state index contributed by atoms with van der Waals surface area (Å²) in [6, 6.07) is 5.00. The topological polar surface area (TPSA) is 87.2 Å². The first kappa shape index (κ1) is 14.8. The van der Waals surface area contributed by atoms with Crippen molar-refractivity contribution in [3.8, 4) is 0 Å². The molecule has 1 aromatic rings. The highest BCUT2D eigenvalue weighted by Gasteiger charge is 2.12. The summed E-state index contributed by atoms with van der Waals surface area (Å²) in [6.07, 6.45) is 1.19. The Bertz CT molecular complexity index is 557. The van der Waals surface area contributed by atoms with Crippen LogP contribution in [-0.2, 0) is 9.84 Å². The molecule has 0 aliphatic carbocycles. The van der Waals surface area contributed by atoms with E-state index in [-0.39, 0.29) is 11.6 Å². The highest BCUT2D eigenvalue weighted by Crippen LogP contribution is 2.23. The van der Waals surface area contributed by atoms with Crippen LogP contribution in [0.25, 0.3) is 0 Å². The van der Waals surface area contributed by atoms with Gasteiger partial charge in [0, 0.05) is 36.1 Å². The number of hydrogen-bond acceptors (Lipinski definition) is 4. The van der Waals surface area contributed by atoms with Gasteiger partial charge in [-0.1, -0.05) is 11.6 Å². The van der Waals surface area contributed by atoms with Gasteiger partial charge in [-0.25, -0.2) is 8.42 Å². The number of nitrogens with two attached hydrogens (primary N) is 1. The van der Waals surface area contributed by atoms with E-state index in [4.69, 9.17) is 22.7 Å². The maximum Gasteiger partial charge on any atom is 0.149 e. The van der Waals surface area contributed by atoms with Gasteiger partial charge in [-0.2, -0.15) is 0 Å². The van der Waals surface area contributed by atoms with E-state index < -0.39 is 9.84 Å². The molecule has 0 atom stereocenters. The molecule has 0 amide bonds. The number of hydrogen-bond donors (Lipinski definition) is 2. The molecule has 1 rings (SSSR count). The van der Waals surface area contributed by atoms with Crippen molar-refractivity contribution in [1.29, 1.82) is 5.41 Å². The lowest BCUT2D eigenvalue weighted by molar-refractivity contribution is 0.601. The number of amidine groups is 1. The van der Waals surface area contributed by atoms with Crippen molar-refractivity contribution in [3.63, 3.8) is 0 Å². The molecule has 3 N–H and O–H groups in total. The molecule has 18 heavy (non-hydrogen) atoms. The Hall–Kier alpha value is -1.27. The van der Waals surface area contributed by atoms with Crippen LogP contribution in [0.2, 0.25) is 5.02 Å². The number of sulfone groups is 1. The van der Waals surface area contributed by atoms with Crippen LogP contribution in [0.4, 0.5) is 5.69 Å². The van der Waals surface area contributed by atoms with Gasteiger partial charge in [-0.05, 0) is 18.2 Å². The zero-order valence-electron chi connectivity index (χ0n) is 10.3. The Morgan fingerprint density at radius 2 is 2.11 bits per heavy atom. The second-order valence-corrected chi connectivity index (χ2v) is 6.82. The zero-order valence-corrected chi connectivity index (χ0v) is 11.8. The summed E-state index contributed by atoms with van der Waals surface area (Å²) in [5, 5.41) is 7.98. The van der Waals surface area contributed by atoms with Crippen molar-refractivity contribution in [2.45, 2.75) is 0 Å². The molecular weight excluding hydrogens is 274 g/mol. The van der Waals surface area contributed by atoms with E-state index in [1.807, 2.05) is 0 Å². The van der Waals surface area contributed by atoms with E-state index in [2.05, 4.69) is 0 Å². The fourth-order valence-electron chi connectivity index (χ4n) is 1.48. The molecule has 0 unspecified atom stereocenters. The molecule has 0 spiro atoms. The van der Waals surface area contributed by atoms with Gasteiger partial charge in [0.1, 0.15) is 15.7 Å². The van der Waals surface area contributed by atoms with Gasteiger partial charge in [-0.15, -0.1) is 0 Å². The van der Waals surface area contributed by atoms with Gasteiger partial charge in [0.25, 0.3) is 0 Å². The van der Waals surface area contributed by atoms with Crippen LogP contribution in [0.15, 0.2) is 18.2 Å². The van der Waals surface area contributed by atoms with Gasteiger partial charge >= 0.3 is 0 Å². The Kier molecular flexibility index (Phi) is 4.59. The third-order valence-electron chi connectivity index (χ3n) is 2.46. The number of rotatable bonds is 5. The second kappa shape index (κ2) is 5.58. The molecule has 5 nitrogen and oxygen atoms in total. The first-order chi connectivity index (χ1) is 8.20. The fourth-order valence-corrected chi connectivity index (χ4v) is 2.26. The third-order valence-corrected chi connectivity index (χ3v) is 3.62. The lowest BCUT2D eigenvalue weighted by Crippen LogP contribution is -2.27. The molecule has 0 radical (unpaired) electrons. The second-order valence-electron chi connectivity index (χ2n) is 4.13.